The number of fused-ring (bicyclic) bond motifs is 22. The summed E-state index contributed by atoms with van der Waals surface area (Å²) in [6.45, 7) is 0. The van der Waals surface area contributed by atoms with Gasteiger partial charge in [-0.2, -0.15) is 0 Å². The van der Waals surface area contributed by atoms with E-state index in [-0.39, 0.29) is 0 Å². The summed E-state index contributed by atoms with van der Waals surface area (Å²) < 4.78 is 0. The first kappa shape index (κ1) is 67.3. The van der Waals surface area contributed by atoms with Crippen molar-refractivity contribution < 1.29 is 30.6 Å². The molecule has 0 aliphatic heterocycles. The molecule has 6 aliphatic carbocycles. The van der Waals surface area contributed by atoms with E-state index in [1.54, 1.807) is 0 Å². The maximum absolute atomic E-state index is 14.8. The lowest BCUT2D eigenvalue weighted by atomic mass is 9.73. The average Bonchev–Trinajstić information content (AvgIpc) is 1.42. The first-order valence-electron chi connectivity index (χ1n) is 40.5. The highest BCUT2D eigenvalue weighted by atomic mass is 16.3. The van der Waals surface area contributed by atoms with Crippen molar-refractivity contribution in [3.8, 4) is 89.0 Å². The molecule has 6 heteroatoms. The van der Waals surface area contributed by atoms with Gasteiger partial charge in [0, 0.05) is 89.0 Å². The highest BCUT2D eigenvalue weighted by molar-refractivity contribution is 6.11. The van der Waals surface area contributed by atoms with Gasteiger partial charge in [-0.05, 0) is 180 Å². The van der Waals surface area contributed by atoms with Crippen LogP contribution in [0.3, 0.4) is 0 Å². The molecule has 0 aromatic heterocycles. The van der Waals surface area contributed by atoms with Crippen LogP contribution in [0.15, 0.2) is 388 Å². The number of rotatable bonds is 8. The monoisotopic (exact) mass is 1510 g/mol. The summed E-state index contributed by atoms with van der Waals surface area (Å²) in [4.78, 5) is 0. The third-order valence-electron chi connectivity index (χ3n) is 27.6. The Balaban J connectivity index is 0.603. The van der Waals surface area contributed by atoms with E-state index < -0.39 is 33.6 Å². The van der Waals surface area contributed by atoms with Crippen LogP contribution in [0.25, 0.3) is 132 Å². The van der Waals surface area contributed by atoms with E-state index in [1.165, 1.54) is 0 Å². The fourth-order valence-corrected chi connectivity index (χ4v) is 22.4. The fraction of sp³-hybridized carbons (Fsp3) is 0.0536. The zero-order valence-corrected chi connectivity index (χ0v) is 63.6. The molecule has 4 atom stereocenters. The van der Waals surface area contributed by atoms with Crippen molar-refractivity contribution in [1.82, 2.24) is 0 Å². The van der Waals surface area contributed by atoms with E-state index in [0.717, 1.165) is 210 Å². The summed E-state index contributed by atoms with van der Waals surface area (Å²) in [5.41, 5.74) is 19.2. The number of benzene rings is 19. The fourth-order valence-electron chi connectivity index (χ4n) is 22.4. The predicted octanol–water partition coefficient (Wildman–Crippen LogP) is 23.2. The van der Waals surface area contributed by atoms with Crippen molar-refractivity contribution in [3.63, 3.8) is 0 Å². The van der Waals surface area contributed by atoms with Gasteiger partial charge in [0.05, 0.1) is 0 Å². The van der Waals surface area contributed by atoms with Crippen molar-refractivity contribution in [2.24, 2.45) is 0 Å². The average molecular weight is 1510 g/mol. The summed E-state index contributed by atoms with van der Waals surface area (Å²) in [5, 5.41) is 90.5. The van der Waals surface area contributed by atoms with Gasteiger partial charge in [-0.25, -0.2) is 0 Å². The summed E-state index contributed by atoms with van der Waals surface area (Å²) in [7, 11) is 0. The number of hydrogen-bond donors (Lipinski definition) is 6. The lowest BCUT2D eigenvalue weighted by Gasteiger charge is -2.34. The summed E-state index contributed by atoms with van der Waals surface area (Å²) >= 11 is 0. The molecule has 4 unspecified atom stereocenters. The third-order valence-corrected chi connectivity index (χ3v) is 27.6. The Morgan fingerprint density at radius 1 is 0.136 bits per heavy atom. The second-order valence-corrected chi connectivity index (χ2v) is 33.0. The van der Waals surface area contributed by atoms with Crippen LogP contribution >= 0.6 is 0 Å². The van der Waals surface area contributed by atoms with E-state index in [1.807, 2.05) is 206 Å². The smallest absolute Gasteiger partial charge is 0.142 e. The SMILES string of the molecule is OC1(c2ccc3cc(C4(O)c5ccccc5-c5ccc(-c6ccc7c(c6)-c6ccccc6C7(O)c6c7ccccc7c(C7(O)c8ccccc8-c8ccc(-c9ccc%10c(c9)C(O)(c9ccc(C%11(O)c%12ccccc%12-c%12ccccc%12%11)c%11ccccc9%11)c9ccccc9-%10)cc87)c7ccccc67)cc54)ccc3c2)c2ccccc2-c2ccccc21. The lowest BCUT2D eigenvalue weighted by Crippen LogP contribution is -2.30. The molecular weight excluding hydrogens is 1440 g/mol. The van der Waals surface area contributed by atoms with Gasteiger partial charge in [0.25, 0.3) is 0 Å². The molecule has 6 N–H and O–H groups in total. The second kappa shape index (κ2) is 23.8. The molecule has 6 aliphatic rings. The molecule has 25 rings (SSSR count). The molecule has 0 fully saturated rings. The largest absolute Gasteiger partial charge is 0.376 e. The van der Waals surface area contributed by atoms with Gasteiger partial charge in [0.1, 0.15) is 33.6 Å². The Hall–Kier alpha value is -14.0. The predicted molar refractivity (Wildman–Crippen MR) is 471 cm³/mol. The van der Waals surface area contributed by atoms with Crippen LogP contribution in [0.5, 0.6) is 0 Å². The maximum Gasteiger partial charge on any atom is 0.142 e. The number of hydrogen-bond acceptors (Lipinski definition) is 6. The maximum atomic E-state index is 14.8. The normalized spacial score (nSPS) is 19.0. The molecule has 0 saturated carbocycles. The third kappa shape index (κ3) is 8.49. The van der Waals surface area contributed by atoms with Gasteiger partial charge in [-0.1, -0.05) is 352 Å². The highest BCUT2D eigenvalue weighted by Gasteiger charge is 2.53. The minimum atomic E-state index is -1.75. The van der Waals surface area contributed by atoms with Gasteiger partial charge in [0.15, 0.2) is 0 Å². The molecule has 19 aromatic carbocycles. The van der Waals surface area contributed by atoms with Crippen LogP contribution in [0, 0.1) is 0 Å². The molecule has 554 valence electrons. The molecule has 19 aromatic rings. The van der Waals surface area contributed by atoms with Gasteiger partial charge in [0.2, 0.25) is 0 Å². The zero-order chi connectivity index (χ0) is 78.5. The molecular formula is C112H70O6. The first-order valence-corrected chi connectivity index (χ1v) is 40.5. The molecule has 0 spiro atoms. The van der Waals surface area contributed by atoms with E-state index >= 15 is 0 Å². The Labute approximate surface area is 680 Å². The molecule has 0 bridgehead atoms. The summed E-state index contributed by atoms with van der Waals surface area (Å²) in [5.74, 6) is 0. The van der Waals surface area contributed by atoms with Crippen LogP contribution in [0.4, 0.5) is 0 Å². The van der Waals surface area contributed by atoms with Gasteiger partial charge >= 0.3 is 0 Å². The molecule has 6 nitrogen and oxygen atoms in total. The Bertz CT molecular complexity index is 7570. The van der Waals surface area contributed by atoms with Crippen LogP contribution in [0.1, 0.15) is 100 Å². The van der Waals surface area contributed by atoms with Crippen molar-refractivity contribution in [2.75, 3.05) is 0 Å². The quantitative estimate of drug-likeness (QED) is 0.0843. The summed E-state index contributed by atoms with van der Waals surface area (Å²) in [6.07, 6.45) is 0. The molecule has 0 radical (unpaired) electrons. The topological polar surface area (TPSA) is 121 Å². The van der Waals surface area contributed by atoms with Crippen molar-refractivity contribution in [1.29, 1.82) is 0 Å². The molecule has 118 heavy (non-hydrogen) atoms. The Kier molecular flexibility index (Phi) is 13.6. The molecule has 0 amide bonds. The van der Waals surface area contributed by atoms with Gasteiger partial charge < -0.3 is 30.6 Å². The van der Waals surface area contributed by atoms with E-state index in [4.69, 9.17) is 0 Å². The Morgan fingerprint density at radius 3 is 0.712 bits per heavy atom. The number of aliphatic hydroxyl groups is 6. The molecule has 0 saturated heterocycles. The van der Waals surface area contributed by atoms with Crippen LogP contribution in [-0.2, 0) is 33.6 Å². The standard InChI is InChI=1S/C112H70O6/c113-107(91-37-15-7-25-73(91)74-26-8-16-38-92(74)107)71-51-45-66-60-72(52-46-65(66)59-71)108(114)93-39-17-9-29-79(93)83-53-47-68(62-102(83)108)67-50-56-101-90(61-67)82-32-14-22-44-98(82)111(101,117)105-86-33-3-5-35-88(86)106(89-36-6-4-34-87(89)105)112(118)97-43-21-13-31-81(97)85-55-49-70(64-104(85)112)69-48-54-84-80-30-12-20-42-96(80)110(116,103(84)63-69)100-58-57-99(77-23-1-2-24-78(77)100)109(115)94-40-18-10-27-75(94)76-28-11-19-41-95(76)109/h1-64,113-118H. The van der Waals surface area contributed by atoms with E-state index in [9.17, 15) is 30.6 Å². The minimum Gasteiger partial charge on any atom is -0.376 e. The van der Waals surface area contributed by atoms with Crippen LogP contribution < -0.4 is 0 Å². The highest BCUT2D eigenvalue weighted by Crippen LogP contribution is 2.63. The van der Waals surface area contributed by atoms with Crippen molar-refractivity contribution >= 4 is 43.1 Å². The second-order valence-electron chi connectivity index (χ2n) is 33.0. The first-order chi connectivity index (χ1) is 57.8. The Morgan fingerprint density at radius 2 is 0.356 bits per heavy atom. The molecule has 0 heterocycles. The van der Waals surface area contributed by atoms with Gasteiger partial charge in [-0.15, -0.1) is 0 Å². The van der Waals surface area contributed by atoms with Gasteiger partial charge in [-0.3, -0.25) is 0 Å². The lowest BCUT2D eigenvalue weighted by molar-refractivity contribution is 0.129. The van der Waals surface area contributed by atoms with E-state index in [0.29, 0.717) is 22.3 Å². The van der Waals surface area contributed by atoms with Crippen molar-refractivity contribution in [2.45, 2.75) is 33.6 Å². The zero-order valence-electron chi connectivity index (χ0n) is 63.6. The minimum absolute atomic E-state index is 0.700. The summed E-state index contributed by atoms with van der Waals surface area (Å²) in [6, 6.07) is 132. The van der Waals surface area contributed by atoms with Crippen LogP contribution in [-0.4, -0.2) is 30.6 Å². The van der Waals surface area contributed by atoms with Crippen LogP contribution in [0.2, 0.25) is 0 Å². The van der Waals surface area contributed by atoms with E-state index in [2.05, 4.69) is 182 Å². The van der Waals surface area contributed by atoms with Crippen molar-refractivity contribution in [3.05, 3.63) is 488 Å².